The number of hydrogen-bond acceptors (Lipinski definition) is 10. The fourth-order valence-electron chi connectivity index (χ4n) is 4.69. The molecule has 0 amide bonds. The monoisotopic (exact) mass is 568 g/mol. The standard InChI is InChI=1S/C29H40N6O4S/c1-9-29(7,30)22-15-33-26(38-16(2)12-17(3)40(8,31)37)21-14-32-24(13-20(21)22)34-23-11-10-19-25(35-23)28(5,6)18(4)39-27(19)36/h10-11,13-18,31H,9,12,30H2,1-8H3,(H,32,34,35)/t16-,17-,18+,29-,40-/m1/s1. The third-order valence-corrected chi connectivity index (χ3v) is 9.84. The van der Waals surface area contributed by atoms with E-state index in [-0.39, 0.29) is 23.4 Å². The average molecular weight is 569 g/mol. The topological polar surface area (TPSA) is 153 Å². The van der Waals surface area contributed by atoms with Crippen molar-refractivity contribution in [2.45, 2.75) is 89.7 Å². The quantitative estimate of drug-likeness (QED) is 0.287. The van der Waals surface area contributed by atoms with E-state index >= 15 is 0 Å². The minimum Gasteiger partial charge on any atom is -0.474 e. The van der Waals surface area contributed by atoms with E-state index in [1.807, 2.05) is 47.6 Å². The molecule has 1 aliphatic heterocycles. The van der Waals surface area contributed by atoms with Gasteiger partial charge in [0.1, 0.15) is 17.7 Å². The number of nitrogens with zero attached hydrogens (tertiary/aromatic N) is 3. The van der Waals surface area contributed by atoms with Crippen molar-refractivity contribution in [2.24, 2.45) is 5.73 Å². The molecule has 1 aliphatic rings. The molecule has 5 atom stereocenters. The Morgan fingerprint density at radius 2 is 1.93 bits per heavy atom. The zero-order chi connectivity index (χ0) is 29.6. The van der Waals surface area contributed by atoms with Crippen molar-refractivity contribution in [1.29, 1.82) is 4.78 Å². The molecule has 0 fully saturated rings. The number of rotatable bonds is 9. The van der Waals surface area contributed by atoms with Crippen molar-refractivity contribution in [2.75, 3.05) is 11.6 Å². The number of nitrogens with two attached hydrogens (primary N) is 1. The van der Waals surface area contributed by atoms with E-state index in [9.17, 15) is 9.00 Å². The van der Waals surface area contributed by atoms with Gasteiger partial charge in [-0.15, -0.1) is 0 Å². The maximum atomic E-state index is 12.4. The lowest BCUT2D eigenvalue weighted by molar-refractivity contribution is 0.00864. The number of aromatic nitrogens is 3. The SMILES string of the molecule is CC[C@@](C)(N)c1cnc(O[C@H](C)C[C@@H](C)[S@](C)(=N)=O)c2cnc(Nc3ccc4c(n3)C(C)(C)[C@H](C)OC4=O)cc12. The number of hydrogen-bond donors (Lipinski definition) is 3. The Hall–Kier alpha value is -3.31. The zero-order valence-corrected chi connectivity index (χ0v) is 25.3. The summed E-state index contributed by atoms with van der Waals surface area (Å²) in [6.45, 7) is 13.5. The summed E-state index contributed by atoms with van der Waals surface area (Å²) in [6.07, 6.45) is 5.40. The van der Waals surface area contributed by atoms with Crippen LogP contribution in [0.15, 0.2) is 30.6 Å². The Kier molecular flexibility index (Phi) is 7.85. The Bertz CT molecular complexity index is 1550. The Morgan fingerprint density at radius 1 is 1.23 bits per heavy atom. The summed E-state index contributed by atoms with van der Waals surface area (Å²) in [6, 6.07) is 5.37. The Labute approximate surface area is 236 Å². The smallest absolute Gasteiger partial charge is 0.340 e. The van der Waals surface area contributed by atoms with E-state index in [2.05, 4.69) is 15.3 Å². The first-order valence-electron chi connectivity index (χ1n) is 13.5. The van der Waals surface area contributed by atoms with E-state index in [0.29, 0.717) is 47.0 Å². The number of cyclic esters (lactones) is 1. The molecular weight excluding hydrogens is 528 g/mol. The molecule has 3 aromatic rings. The molecule has 0 aliphatic carbocycles. The predicted molar refractivity (Wildman–Crippen MR) is 158 cm³/mol. The molecule has 40 heavy (non-hydrogen) atoms. The second-order valence-electron chi connectivity index (χ2n) is 11.7. The minimum absolute atomic E-state index is 0.311. The van der Waals surface area contributed by atoms with Crippen LogP contribution in [-0.2, 0) is 25.4 Å². The highest BCUT2D eigenvalue weighted by atomic mass is 32.2. The van der Waals surface area contributed by atoms with Crippen LogP contribution in [0.2, 0.25) is 0 Å². The van der Waals surface area contributed by atoms with Gasteiger partial charge in [-0.1, -0.05) is 20.8 Å². The molecule has 4 N–H and O–H groups in total. The van der Waals surface area contributed by atoms with Crippen molar-refractivity contribution >= 4 is 38.1 Å². The lowest BCUT2D eigenvalue weighted by atomic mass is 9.79. The van der Waals surface area contributed by atoms with Crippen LogP contribution in [0, 0.1) is 4.78 Å². The first kappa shape index (κ1) is 29.7. The van der Waals surface area contributed by atoms with E-state index in [1.165, 1.54) is 6.26 Å². The maximum absolute atomic E-state index is 12.4. The van der Waals surface area contributed by atoms with Crippen LogP contribution in [0.3, 0.4) is 0 Å². The third-order valence-electron chi connectivity index (χ3n) is 8.11. The molecule has 216 valence electrons. The van der Waals surface area contributed by atoms with Gasteiger partial charge < -0.3 is 20.5 Å². The summed E-state index contributed by atoms with van der Waals surface area (Å²) in [7, 11) is -2.69. The summed E-state index contributed by atoms with van der Waals surface area (Å²) in [5, 5.41) is 4.50. The average Bonchev–Trinajstić information content (AvgIpc) is 2.87. The van der Waals surface area contributed by atoms with Gasteiger partial charge in [0.25, 0.3) is 0 Å². The van der Waals surface area contributed by atoms with Crippen LogP contribution in [0.5, 0.6) is 5.88 Å². The molecule has 3 aromatic heterocycles. The van der Waals surface area contributed by atoms with E-state index in [1.54, 1.807) is 31.5 Å². The van der Waals surface area contributed by atoms with Gasteiger partial charge in [-0.3, -0.25) is 4.78 Å². The van der Waals surface area contributed by atoms with Crippen molar-refractivity contribution in [3.63, 3.8) is 0 Å². The van der Waals surface area contributed by atoms with Gasteiger partial charge in [-0.25, -0.2) is 24.0 Å². The molecule has 0 bridgehead atoms. The predicted octanol–water partition coefficient (Wildman–Crippen LogP) is 5.41. The summed E-state index contributed by atoms with van der Waals surface area (Å²) in [5.74, 6) is 1.14. The second-order valence-corrected chi connectivity index (χ2v) is 14.3. The maximum Gasteiger partial charge on any atom is 0.340 e. The molecule has 0 unspecified atom stereocenters. The highest BCUT2D eigenvalue weighted by Crippen LogP contribution is 2.37. The van der Waals surface area contributed by atoms with Crippen LogP contribution < -0.4 is 15.8 Å². The number of fused-ring (bicyclic) bond motifs is 2. The van der Waals surface area contributed by atoms with Crippen LogP contribution in [0.4, 0.5) is 11.6 Å². The summed E-state index contributed by atoms with van der Waals surface area (Å²) < 4.78 is 31.7. The molecule has 4 rings (SSSR count). The number of carbonyl (C=O) groups excluding carboxylic acids is 1. The largest absolute Gasteiger partial charge is 0.474 e. The molecule has 10 nitrogen and oxygen atoms in total. The summed E-state index contributed by atoms with van der Waals surface area (Å²) >= 11 is 0. The van der Waals surface area contributed by atoms with Crippen LogP contribution in [0.1, 0.15) is 82.9 Å². The zero-order valence-electron chi connectivity index (χ0n) is 24.5. The molecule has 0 radical (unpaired) electrons. The van der Waals surface area contributed by atoms with Gasteiger partial charge in [0.05, 0.1) is 22.7 Å². The number of carbonyl (C=O) groups is 1. The van der Waals surface area contributed by atoms with Crippen molar-refractivity contribution in [3.05, 3.63) is 47.4 Å². The van der Waals surface area contributed by atoms with E-state index in [0.717, 1.165) is 10.9 Å². The van der Waals surface area contributed by atoms with Gasteiger partial charge in [-0.05, 0) is 69.7 Å². The van der Waals surface area contributed by atoms with Crippen LogP contribution >= 0.6 is 0 Å². The van der Waals surface area contributed by atoms with Gasteiger partial charge in [0.15, 0.2) is 0 Å². The fourth-order valence-corrected chi connectivity index (χ4v) is 5.33. The highest BCUT2D eigenvalue weighted by molar-refractivity contribution is 7.92. The normalized spacial score (nSPS) is 20.9. The van der Waals surface area contributed by atoms with E-state index in [4.69, 9.17) is 25.0 Å². The molecular formula is C29H40N6O4S. The van der Waals surface area contributed by atoms with Crippen LogP contribution in [0.25, 0.3) is 10.8 Å². The van der Waals surface area contributed by atoms with Gasteiger partial charge >= 0.3 is 5.97 Å². The van der Waals surface area contributed by atoms with Crippen molar-refractivity contribution in [1.82, 2.24) is 15.0 Å². The molecule has 0 saturated carbocycles. The van der Waals surface area contributed by atoms with Crippen molar-refractivity contribution in [3.8, 4) is 5.88 Å². The number of pyridine rings is 3. The lowest BCUT2D eigenvalue weighted by Gasteiger charge is -2.36. The molecule has 0 saturated heterocycles. The number of nitrogens with one attached hydrogen (secondary N) is 2. The first-order chi connectivity index (χ1) is 18.5. The molecule has 0 spiro atoms. The fraction of sp³-hybridized carbons (Fsp3) is 0.517. The van der Waals surface area contributed by atoms with Gasteiger partial charge in [0.2, 0.25) is 5.88 Å². The van der Waals surface area contributed by atoms with E-state index < -0.39 is 20.7 Å². The lowest BCUT2D eigenvalue weighted by Crippen LogP contribution is -2.42. The van der Waals surface area contributed by atoms with Crippen molar-refractivity contribution < 1.29 is 18.5 Å². The third kappa shape index (κ3) is 5.76. The molecule has 4 heterocycles. The number of esters is 1. The number of anilines is 2. The molecule has 0 aromatic carbocycles. The summed E-state index contributed by atoms with van der Waals surface area (Å²) in [4.78, 5) is 26.4. The Morgan fingerprint density at radius 3 is 2.58 bits per heavy atom. The number of ether oxygens (including phenoxy) is 2. The molecule has 11 heteroatoms. The van der Waals surface area contributed by atoms with Gasteiger partial charge in [-0.2, -0.15) is 0 Å². The summed E-state index contributed by atoms with van der Waals surface area (Å²) in [5.41, 5.74) is 7.56. The second kappa shape index (κ2) is 10.6. The minimum atomic E-state index is -2.69. The van der Waals surface area contributed by atoms with Crippen LogP contribution in [-0.4, -0.2) is 48.8 Å². The highest BCUT2D eigenvalue weighted by Gasteiger charge is 2.41. The Balaban J connectivity index is 1.72. The van der Waals surface area contributed by atoms with Gasteiger partial charge in [0, 0.05) is 44.6 Å². The first-order valence-corrected chi connectivity index (χ1v) is 15.5.